The fraction of sp³-hybridized carbons (Fsp3) is 0.700. The number of allylic oxidation sites excluding steroid dienone is 1. The first kappa shape index (κ1) is 14.0. The molecule has 1 heterocycles. The summed E-state index contributed by atoms with van der Waals surface area (Å²) in [4.78, 5) is 25.0. The van der Waals surface area contributed by atoms with Crippen LogP contribution in [-0.4, -0.2) is 17.9 Å². The van der Waals surface area contributed by atoms with E-state index in [4.69, 9.17) is 4.74 Å². The Morgan fingerprint density at radius 2 is 1.96 bits per heavy atom. The van der Waals surface area contributed by atoms with E-state index in [0.717, 1.165) is 30.8 Å². The third-order valence-electron chi connectivity index (χ3n) is 7.96. The van der Waals surface area contributed by atoms with Crippen LogP contribution in [0.5, 0.6) is 0 Å². The fourth-order valence-corrected chi connectivity index (χ4v) is 6.54. The van der Waals surface area contributed by atoms with Gasteiger partial charge in [-0.3, -0.25) is 4.79 Å². The number of Topliss-reactive ketones (excluding diaryl/α,β-unsaturated/α-hetero) is 1. The van der Waals surface area contributed by atoms with Gasteiger partial charge in [0.25, 0.3) is 0 Å². The Kier molecular flexibility index (Phi) is 2.43. The van der Waals surface area contributed by atoms with E-state index >= 15 is 0 Å². The van der Waals surface area contributed by atoms with Crippen molar-refractivity contribution in [3.05, 3.63) is 22.3 Å². The largest absolute Gasteiger partial charge is 0.454 e. The third kappa shape index (κ3) is 1.52. The predicted octanol–water partition coefficient (Wildman–Crippen LogP) is 3.73. The summed E-state index contributed by atoms with van der Waals surface area (Å²) in [7, 11) is 0. The lowest BCUT2D eigenvalue weighted by atomic mass is 9.52. The molecule has 0 aromatic rings. The molecule has 1 aliphatic heterocycles. The standard InChI is InChI=1S/C20H24O3/c1-10-16-14(23-18(10)22)8-13-12(17(16)21)4-5-15-19(13,2)7-6-11-9-20(11,15)3/h11,14-15H,4-9H2,1-3H3/t11?,14-,15+,19+,20+/m1/s1. The summed E-state index contributed by atoms with van der Waals surface area (Å²) >= 11 is 0. The Hall–Kier alpha value is -1.38. The van der Waals surface area contributed by atoms with E-state index in [1.807, 2.05) is 0 Å². The van der Waals surface area contributed by atoms with E-state index in [-0.39, 0.29) is 23.3 Å². The highest BCUT2D eigenvalue weighted by Crippen LogP contribution is 2.73. The number of carbonyl (C=O) groups is 2. The van der Waals surface area contributed by atoms with Gasteiger partial charge >= 0.3 is 5.97 Å². The number of esters is 1. The van der Waals surface area contributed by atoms with Gasteiger partial charge in [-0.2, -0.15) is 0 Å². The van der Waals surface area contributed by atoms with E-state index < -0.39 is 0 Å². The SMILES string of the molecule is CC1=C2C(=O)C3=C(C[C@H]2OC1=O)[C@]1(C)CCC2C[C@]2(C)[C@H]1CC3. The van der Waals surface area contributed by atoms with Gasteiger partial charge in [-0.15, -0.1) is 0 Å². The first-order valence-corrected chi connectivity index (χ1v) is 9.05. The molecular formula is C20H24O3. The van der Waals surface area contributed by atoms with Crippen molar-refractivity contribution in [1.82, 2.24) is 0 Å². The number of fused-ring (bicyclic) bond motifs is 5. The molecule has 0 radical (unpaired) electrons. The molecule has 0 bridgehead atoms. The number of ether oxygens (including phenoxy) is 1. The minimum Gasteiger partial charge on any atom is -0.454 e. The minimum atomic E-state index is -0.311. The molecule has 5 atom stereocenters. The van der Waals surface area contributed by atoms with Gasteiger partial charge in [-0.05, 0) is 67.3 Å². The number of hydrogen-bond acceptors (Lipinski definition) is 3. The molecule has 2 fully saturated rings. The summed E-state index contributed by atoms with van der Waals surface area (Å²) in [5, 5.41) is 0. The number of carbonyl (C=O) groups excluding carboxylic acids is 2. The second-order valence-corrected chi connectivity index (χ2v) is 8.88. The molecule has 5 rings (SSSR count). The van der Waals surface area contributed by atoms with Gasteiger partial charge in [0.05, 0.1) is 5.57 Å². The summed E-state index contributed by atoms with van der Waals surface area (Å²) in [6.45, 7) is 6.59. The Morgan fingerprint density at radius 3 is 2.74 bits per heavy atom. The van der Waals surface area contributed by atoms with Crippen LogP contribution < -0.4 is 0 Å². The molecule has 23 heavy (non-hydrogen) atoms. The molecule has 5 aliphatic rings. The molecule has 0 aromatic heterocycles. The topological polar surface area (TPSA) is 43.4 Å². The fourth-order valence-electron chi connectivity index (χ4n) is 6.54. The number of hydrogen-bond donors (Lipinski definition) is 0. The molecule has 122 valence electrons. The Balaban J connectivity index is 1.62. The zero-order valence-corrected chi connectivity index (χ0v) is 14.2. The maximum Gasteiger partial charge on any atom is 0.334 e. The molecule has 1 unspecified atom stereocenters. The van der Waals surface area contributed by atoms with E-state index in [9.17, 15) is 9.59 Å². The van der Waals surface area contributed by atoms with Gasteiger partial charge in [0.1, 0.15) is 6.10 Å². The zero-order valence-electron chi connectivity index (χ0n) is 14.2. The second-order valence-electron chi connectivity index (χ2n) is 8.88. The lowest BCUT2D eigenvalue weighted by Crippen LogP contribution is -2.45. The van der Waals surface area contributed by atoms with Crippen molar-refractivity contribution in [3.63, 3.8) is 0 Å². The lowest BCUT2D eigenvalue weighted by Gasteiger charge is -2.52. The molecule has 0 spiro atoms. The van der Waals surface area contributed by atoms with Crippen LogP contribution in [0, 0.1) is 22.7 Å². The molecule has 0 aromatic carbocycles. The van der Waals surface area contributed by atoms with Crippen LogP contribution in [0.4, 0.5) is 0 Å². The van der Waals surface area contributed by atoms with Gasteiger partial charge in [0.2, 0.25) is 0 Å². The molecule has 4 aliphatic carbocycles. The maximum atomic E-state index is 13.0. The third-order valence-corrected chi connectivity index (χ3v) is 7.96. The number of rotatable bonds is 0. The lowest BCUT2D eigenvalue weighted by molar-refractivity contribution is -0.140. The molecule has 0 N–H and O–H groups in total. The van der Waals surface area contributed by atoms with Crippen LogP contribution in [0.25, 0.3) is 0 Å². The smallest absolute Gasteiger partial charge is 0.334 e. The van der Waals surface area contributed by atoms with Crippen LogP contribution in [0.15, 0.2) is 22.3 Å². The van der Waals surface area contributed by atoms with E-state index in [1.165, 1.54) is 24.8 Å². The molecular weight excluding hydrogens is 288 g/mol. The molecule has 3 heteroatoms. The van der Waals surface area contributed by atoms with E-state index in [1.54, 1.807) is 6.92 Å². The van der Waals surface area contributed by atoms with Crippen molar-refractivity contribution < 1.29 is 14.3 Å². The molecule has 2 saturated carbocycles. The predicted molar refractivity (Wildman–Crippen MR) is 85.5 cm³/mol. The maximum absolute atomic E-state index is 13.0. The first-order chi connectivity index (χ1) is 10.9. The summed E-state index contributed by atoms with van der Waals surface area (Å²) < 4.78 is 5.52. The van der Waals surface area contributed by atoms with Crippen LogP contribution >= 0.6 is 0 Å². The van der Waals surface area contributed by atoms with Crippen molar-refractivity contribution in [2.45, 2.75) is 65.4 Å². The molecule has 0 saturated heterocycles. The summed E-state index contributed by atoms with van der Waals surface area (Å²) in [5.41, 5.74) is 4.18. The van der Waals surface area contributed by atoms with Gasteiger partial charge < -0.3 is 4.74 Å². The minimum absolute atomic E-state index is 0.113. The van der Waals surface area contributed by atoms with Crippen LogP contribution in [0.2, 0.25) is 0 Å². The highest BCUT2D eigenvalue weighted by Gasteiger charge is 2.65. The van der Waals surface area contributed by atoms with Gasteiger partial charge in [0, 0.05) is 12.0 Å². The van der Waals surface area contributed by atoms with Crippen LogP contribution in [-0.2, 0) is 14.3 Å². The van der Waals surface area contributed by atoms with Gasteiger partial charge in [0.15, 0.2) is 5.78 Å². The summed E-state index contributed by atoms with van der Waals surface area (Å²) in [6.07, 6.45) is 6.34. The highest BCUT2D eigenvalue weighted by atomic mass is 16.5. The first-order valence-electron chi connectivity index (χ1n) is 9.05. The van der Waals surface area contributed by atoms with E-state index in [0.29, 0.717) is 22.5 Å². The average Bonchev–Trinajstić information content (AvgIpc) is 3.10. The highest BCUT2D eigenvalue weighted by molar-refractivity contribution is 6.16. The monoisotopic (exact) mass is 312 g/mol. The van der Waals surface area contributed by atoms with Crippen molar-refractivity contribution in [1.29, 1.82) is 0 Å². The Morgan fingerprint density at radius 1 is 1.17 bits per heavy atom. The normalized spacial score (nSPS) is 47.7. The quantitative estimate of drug-likeness (QED) is 0.640. The van der Waals surface area contributed by atoms with Crippen molar-refractivity contribution in [3.8, 4) is 0 Å². The van der Waals surface area contributed by atoms with Crippen molar-refractivity contribution >= 4 is 11.8 Å². The van der Waals surface area contributed by atoms with Crippen LogP contribution in [0.1, 0.15) is 59.3 Å². The van der Waals surface area contributed by atoms with Gasteiger partial charge in [-0.25, -0.2) is 4.79 Å². The van der Waals surface area contributed by atoms with Crippen molar-refractivity contribution in [2.75, 3.05) is 0 Å². The van der Waals surface area contributed by atoms with Gasteiger partial charge in [-0.1, -0.05) is 19.4 Å². The molecule has 3 nitrogen and oxygen atoms in total. The van der Waals surface area contributed by atoms with E-state index in [2.05, 4.69) is 13.8 Å². The van der Waals surface area contributed by atoms with Crippen LogP contribution in [0.3, 0.4) is 0 Å². The Bertz CT molecular complexity index is 727. The Labute approximate surface area is 137 Å². The zero-order chi connectivity index (χ0) is 16.1. The second kappa shape index (κ2) is 3.99. The van der Waals surface area contributed by atoms with Crippen molar-refractivity contribution in [2.24, 2.45) is 22.7 Å². The molecule has 0 amide bonds. The summed E-state index contributed by atoms with van der Waals surface area (Å²) in [6, 6.07) is 0. The number of ketones is 1. The summed E-state index contributed by atoms with van der Waals surface area (Å²) in [5.74, 6) is 1.42. The average molecular weight is 312 g/mol.